The Balaban J connectivity index is 1.67. The molecule has 0 bridgehead atoms. The van der Waals surface area contributed by atoms with Gasteiger partial charge >= 0.3 is 0 Å². The van der Waals surface area contributed by atoms with Crippen LogP contribution in [0.15, 0.2) is 0 Å². The third kappa shape index (κ3) is 4.57. The summed E-state index contributed by atoms with van der Waals surface area (Å²) in [5.41, 5.74) is 0. The molecule has 3 heteroatoms. The van der Waals surface area contributed by atoms with Gasteiger partial charge in [-0.05, 0) is 32.6 Å². The van der Waals surface area contributed by atoms with E-state index >= 15 is 0 Å². The summed E-state index contributed by atoms with van der Waals surface area (Å²) in [4.78, 5) is 0. The van der Waals surface area contributed by atoms with E-state index in [1.165, 1.54) is 51.4 Å². The molecule has 0 N–H and O–H groups in total. The maximum absolute atomic E-state index is 5.92. The molecule has 17 heavy (non-hydrogen) atoms. The minimum atomic E-state index is -0.212. The molecule has 2 aliphatic rings. The van der Waals surface area contributed by atoms with Gasteiger partial charge in [-0.2, -0.15) is 0 Å². The number of rotatable bonds is 7. The molecule has 0 saturated heterocycles. The van der Waals surface area contributed by atoms with Crippen LogP contribution in [0.5, 0.6) is 0 Å². The summed E-state index contributed by atoms with van der Waals surface area (Å²) in [7, 11) is 0. The highest BCUT2D eigenvalue weighted by Crippen LogP contribution is 2.24. The Bertz CT molecular complexity index is 196. The lowest BCUT2D eigenvalue weighted by atomic mass is 10.3. The van der Waals surface area contributed by atoms with Gasteiger partial charge in [0.15, 0.2) is 6.29 Å². The molecule has 0 spiro atoms. The van der Waals surface area contributed by atoms with Crippen molar-refractivity contribution in [2.45, 2.75) is 69.9 Å². The summed E-state index contributed by atoms with van der Waals surface area (Å²) in [6.07, 6.45) is 10.5. The van der Waals surface area contributed by atoms with E-state index < -0.39 is 0 Å². The minimum absolute atomic E-state index is 0.212. The lowest BCUT2D eigenvalue weighted by Crippen LogP contribution is -2.29. The summed E-state index contributed by atoms with van der Waals surface area (Å²) in [5.74, 6) is 0. The first kappa shape index (κ1) is 13.3. The van der Waals surface area contributed by atoms with Crippen LogP contribution in [0.4, 0.5) is 0 Å². The molecule has 2 fully saturated rings. The van der Waals surface area contributed by atoms with Crippen molar-refractivity contribution in [3.63, 3.8) is 0 Å². The van der Waals surface area contributed by atoms with Crippen molar-refractivity contribution >= 4 is 0 Å². The molecule has 2 aliphatic carbocycles. The van der Waals surface area contributed by atoms with Gasteiger partial charge in [0.2, 0.25) is 0 Å². The summed E-state index contributed by atoms with van der Waals surface area (Å²) in [6.45, 7) is 4.74. The molecular weight excluding hydrogens is 216 g/mol. The summed E-state index contributed by atoms with van der Waals surface area (Å²) < 4.78 is 17.3. The van der Waals surface area contributed by atoms with E-state index in [4.69, 9.17) is 14.2 Å². The fourth-order valence-electron chi connectivity index (χ4n) is 2.77. The zero-order valence-electron chi connectivity index (χ0n) is 10.7. The molecule has 0 aliphatic heterocycles. The minimum Gasteiger partial charge on any atom is -0.373 e. The summed E-state index contributed by atoms with van der Waals surface area (Å²) >= 11 is 0. The van der Waals surface area contributed by atoms with E-state index in [2.05, 4.69) is 6.92 Å². The van der Waals surface area contributed by atoms with Gasteiger partial charge in [-0.3, -0.25) is 0 Å². The molecule has 0 aromatic rings. The Labute approximate surface area is 105 Å². The first-order valence-corrected chi connectivity index (χ1v) is 7.06. The van der Waals surface area contributed by atoms with Gasteiger partial charge < -0.3 is 14.2 Å². The highest BCUT2D eigenvalue weighted by Gasteiger charge is 2.23. The van der Waals surface area contributed by atoms with Crippen molar-refractivity contribution in [2.75, 3.05) is 13.2 Å². The van der Waals surface area contributed by atoms with E-state index in [1.54, 1.807) is 0 Å². The van der Waals surface area contributed by atoms with Crippen molar-refractivity contribution < 1.29 is 14.2 Å². The van der Waals surface area contributed by atoms with Crippen LogP contribution in [-0.4, -0.2) is 31.7 Å². The molecule has 0 aromatic carbocycles. The zero-order chi connectivity index (χ0) is 11.9. The quantitative estimate of drug-likeness (QED) is 0.641. The van der Waals surface area contributed by atoms with Gasteiger partial charge in [-0.1, -0.05) is 25.7 Å². The number of hydrogen-bond acceptors (Lipinski definition) is 3. The first-order valence-electron chi connectivity index (χ1n) is 7.06. The third-order valence-electron chi connectivity index (χ3n) is 3.72. The molecule has 3 nitrogen and oxygen atoms in total. The predicted octanol–water partition coefficient (Wildman–Crippen LogP) is 3.08. The highest BCUT2D eigenvalue weighted by atomic mass is 16.7. The van der Waals surface area contributed by atoms with Crippen LogP contribution >= 0.6 is 0 Å². The predicted molar refractivity (Wildman–Crippen MR) is 66.6 cm³/mol. The van der Waals surface area contributed by atoms with Gasteiger partial charge in [-0.15, -0.1) is 0 Å². The van der Waals surface area contributed by atoms with Crippen LogP contribution in [0.1, 0.15) is 51.4 Å². The summed E-state index contributed by atoms with van der Waals surface area (Å²) in [6, 6.07) is 0. The van der Waals surface area contributed by atoms with E-state index in [-0.39, 0.29) is 6.29 Å². The molecule has 1 radical (unpaired) electrons. The molecule has 1 unspecified atom stereocenters. The number of ether oxygens (including phenoxy) is 3. The fraction of sp³-hybridized carbons (Fsp3) is 0.929. The maximum Gasteiger partial charge on any atom is 0.181 e. The van der Waals surface area contributed by atoms with Gasteiger partial charge in [0.1, 0.15) is 0 Å². The average molecular weight is 241 g/mol. The van der Waals surface area contributed by atoms with Crippen molar-refractivity contribution in [3.05, 3.63) is 6.92 Å². The van der Waals surface area contributed by atoms with Crippen molar-refractivity contribution in [3.8, 4) is 0 Å². The topological polar surface area (TPSA) is 27.7 Å². The monoisotopic (exact) mass is 241 g/mol. The lowest BCUT2D eigenvalue weighted by Gasteiger charge is -2.23. The first-order chi connectivity index (χ1) is 8.38. The smallest absolute Gasteiger partial charge is 0.181 e. The van der Waals surface area contributed by atoms with Gasteiger partial charge in [0, 0.05) is 6.61 Å². The number of hydrogen-bond donors (Lipinski definition) is 0. The zero-order valence-corrected chi connectivity index (χ0v) is 10.7. The van der Waals surface area contributed by atoms with E-state index in [1.807, 2.05) is 0 Å². The average Bonchev–Trinajstić information content (AvgIpc) is 2.99. The largest absolute Gasteiger partial charge is 0.373 e. The van der Waals surface area contributed by atoms with Crippen LogP contribution < -0.4 is 0 Å². The molecule has 0 heterocycles. The van der Waals surface area contributed by atoms with Crippen molar-refractivity contribution in [1.82, 2.24) is 0 Å². The maximum atomic E-state index is 5.92. The van der Waals surface area contributed by atoms with Crippen LogP contribution in [0.3, 0.4) is 0 Å². The van der Waals surface area contributed by atoms with Gasteiger partial charge in [0.25, 0.3) is 0 Å². The molecule has 0 amide bonds. The second-order valence-corrected chi connectivity index (χ2v) is 5.08. The molecule has 2 rings (SSSR count). The van der Waals surface area contributed by atoms with Crippen LogP contribution in [0, 0.1) is 6.92 Å². The Morgan fingerprint density at radius 2 is 1.53 bits per heavy atom. The van der Waals surface area contributed by atoms with E-state index in [0.29, 0.717) is 25.4 Å². The normalized spacial score (nSPS) is 24.5. The van der Waals surface area contributed by atoms with Crippen LogP contribution in [-0.2, 0) is 14.2 Å². The second-order valence-electron chi connectivity index (χ2n) is 5.08. The standard InChI is InChI=1S/C14H25O3/c1-2-15-14(17-13-9-5-6-10-13)11-16-12-7-3-4-8-12/h12-14H,1-11H2. The SMILES string of the molecule is [CH2]COC(COC1CCCC1)OC1CCCC1. The Morgan fingerprint density at radius 1 is 0.941 bits per heavy atom. The van der Waals surface area contributed by atoms with Gasteiger partial charge in [-0.25, -0.2) is 0 Å². The highest BCUT2D eigenvalue weighted by molar-refractivity contribution is 4.69. The molecule has 0 aromatic heterocycles. The van der Waals surface area contributed by atoms with Gasteiger partial charge in [0.05, 0.1) is 18.8 Å². The second kappa shape index (κ2) is 7.34. The Hall–Kier alpha value is -0.120. The molecule has 99 valence electrons. The Kier molecular flexibility index (Phi) is 5.75. The summed E-state index contributed by atoms with van der Waals surface area (Å²) in [5, 5.41) is 0. The molecular formula is C14H25O3. The van der Waals surface area contributed by atoms with Crippen LogP contribution in [0.25, 0.3) is 0 Å². The molecule has 1 atom stereocenters. The molecule has 2 saturated carbocycles. The Morgan fingerprint density at radius 3 is 2.12 bits per heavy atom. The lowest BCUT2D eigenvalue weighted by molar-refractivity contribution is -0.196. The van der Waals surface area contributed by atoms with E-state index in [0.717, 1.165) is 0 Å². The van der Waals surface area contributed by atoms with Crippen molar-refractivity contribution in [2.24, 2.45) is 0 Å². The fourth-order valence-corrected chi connectivity index (χ4v) is 2.77. The van der Waals surface area contributed by atoms with Crippen LogP contribution in [0.2, 0.25) is 0 Å². The van der Waals surface area contributed by atoms with E-state index in [9.17, 15) is 0 Å². The third-order valence-corrected chi connectivity index (χ3v) is 3.72. The van der Waals surface area contributed by atoms with Crippen molar-refractivity contribution in [1.29, 1.82) is 0 Å².